The van der Waals surface area contributed by atoms with Crippen LogP contribution in [0.15, 0.2) is 41.1 Å². The first-order chi connectivity index (χ1) is 17.6. The Balaban J connectivity index is 1.18. The fourth-order valence-corrected chi connectivity index (χ4v) is 5.18. The van der Waals surface area contributed by atoms with Crippen molar-refractivity contribution < 1.29 is 4.52 Å². The van der Waals surface area contributed by atoms with Crippen molar-refractivity contribution >= 4 is 30.2 Å². The van der Waals surface area contributed by atoms with Crippen LogP contribution in [0.3, 0.4) is 0 Å². The number of anilines is 1. The van der Waals surface area contributed by atoms with Gasteiger partial charge in [-0.2, -0.15) is 0 Å². The summed E-state index contributed by atoms with van der Waals surface area (Å²) in [6.45, 7) is 11.6. The molecule has 184 valence electrons. The van der Waals surface area contributed by atoms with Crippen LogP contribution in [-0.2, 0) is 13.1 Å². The Bertz CT molecular complexity index is 1320. The first kappa shape index (κ1) is 23.2. The topological polar surface area (TPSA) is 89.4 Å². The van der Waals surface area contributed by atoms with E-state index in [1.165, 1.54) is 5.56 Å². The quantitative estimate of drug-likeness (QED) is 0.400. The van der Waals surface area contributed by atoms with Crippen LogP contribution in [0.25, 0.3) is 22.6 Å². The van der Waals surface area contributed by atoms with Gasteiger partial charge >= 0.3 is 0 Å². The van der Waals surface area contributed by atoms with Crippen LogP contribution in [0.2, 0.25) is 0 Å². The highest BCUT2D eigenvalue weighted by Gasteiger charge is 2.23. The van der Waals surface area contributed by atoms with E-state index in [9.17, 15) is 0 Å². The van der Waals surface area contributed by atoms with E-state index in [4.69, 9.17) is 17.4 Å². The maximum absolute atomic E-state index is 6.44. The lowest BCUT2D eigenvalue weighted by atomic mass is 9.95. The van der Waals surface area contributed by atoms with Gasteiger partial charge in [0, 0.05) is 83.3 Å². The zero-order chi connectivity index (χ0) is 24.5. The van der Waals surface area contributed by atoms with Crippen LogP contribution in [0.4, 0.5) is 5.69 Å². The molecule has 3 aromatic heterocycles. The molecule has 2 N–H and O–H groups in total. The van der Waals surface area contributed by atoms with Gasteiger partial charge in [0.2, 0.25) is 0 Å². The summed E-state index contributed by atoms with van der Waals surface area (Å²) in [5, 5.41) is 7.54. The number of aromatic nitrogens is 4. The molecule has 2 radical (unpaired) electrons. The maximum atomic E-state index is 6.44. The van der Waals surface area contributed by atoms with Crippen LogP contribution < -0.4 is 15.7 Å². The van der Waals surface area contributed by atoms with E-state index in [2.05, 4.69) is 59.4 Å². The number of H-pyrrole nitrogens is 1. The summed E-state index contributed by atoms with van der Waals surface area (Å²) in [7, 11) is 6.44. The van der Waals surface area contributed by atoms with Crippen LogP contribution in [0.1, 0.15) is 17.0 Å². The number of hydrogen-bond acceptors (Lipinski definition) is 8. The lowest BCUT2D eigenvalue weighted by Gasteiger charge is -2.36. The van der Waals surface area contributed by atoms with Gasteiger partial charge in [-0.3, -0.25) is 9.80 Å². The molecule has 36 heavy (non-hydrogen) atoms. The molecule has 0 bridgehead atoms. The fraction of sp³-hybridized carbons (Fsp3) is 0.423. The maximum Gasteiger partial charge on any atom is 0.180 e. The minimum Gasteiger partial charge on any atom is -0.368 e. The zero-order valence-electron chi connectivity index (χ0n) is 20.7. The SMILES string of the molecule is [B]c1cnc2nc(-c3ccc(CN4CCNCC4)cc3)[nH]c2c1N1CCN(Cc2cc(C)on2)CC1. The van der Waals surface area contributed by atoms with Gasteiger partial charge in [0.15, 0.2) is 5.65 Å². The van der Waals surface area contributed by atoms with Crippen molar-refractivity contribution in [3.8, 4) is 11.4 Å². The van der Waals surface area contributed by atoms with E-state index in [0.29, 0.717) is 11.1 Å². The average molecular weight is 482 g/mol. The number of rotatable bonds is 6. The van der Waals surface area contributed by atoms with E-state index in [1.54, 1.807) is 6.20 Å². The third-order valence-electron chi connectivity index (χ3n) is 7.11. The van der Waals surface area contributed by atoms with Crippen molar-refractivity contribution in [3.05, 3.63) is 53.5 Å². The van der Waals surface area contributed by atoms with Crippen molar-refractivity contribution in [1.29, 1.82) is 0 Å². The first-order valence-electron chi connectivity index (χ1n) is 12.7. The van der Waals surface area contributed by atoms with Gasteiger partial charge in [-0.15, -0.1) is 0 Å². The Kier molecular flexibility index (Phi) is 6.47. The number of fused-ring (bicyclic) bond motifs is 1. The van der Waals surface area contributed by atoms with Gasteiger partial charge in [-0.1, -0.05) is 34.9 Å². The van der Waals surface area contributed by atoms with E-state index < -0.39 is 0 Å². The Morgan fingerprint density at radius 2 is 1.72 bits per heavy atom. The molecule has 0 spiro atoms. The number of aromatic amines is 1. The Morgan fingerprint density at radius 1 is 0.972 bits per heavy atom. The highest BCUT2D eigenvalue weighted by molar-refractivity contribution is 6.37. The molecule has 0 aliphatic carbocycles. The summed E-state index contributed by atoms with van der Waals surface area (Å²) >= 11 is 0. The molecule has 6 rings (SSSR count). The van der Waals surface area contributed by atoms with Gasteiger partial charge in [0.05, 0.1) is 11.4 Å². The highest BCUT2D eigenvalue weighted by atomic mass is 16.5. The first-order valence-corrected chi connectivity index (χ1v) is 12.7. The lowest BCUT2D eigenvalue weighted by Crippen LogP contribution is -2.47. The molecular weight excluding hydrogens is 451 g/mol. The summed E-state index contributed by atoms with van der Waals surface area (Å²) in [4.78, 5) is 20.1. The van der Waals surface area contributed by atoms with Crippen molar-refractivity contribution in [2.24, 2.45) is 0 Å². The second kappa shape index (κ2) is 10.0. The number of hydrogen-bond donors (Lipinski definition) is 2. The molecule has 10 heteroatoms. The average Bonchev–Trinajstić information content (AvgIpc) is 3.52. The number of nitrogens with zero attached hydrogens (tertiary/aromatic N) is 6. The van der Waals surface area contributed by atoms with Gasteiger partial charge < -0.3 is 19.7 Å². The largest absolute Gasteiger partial charge is 0.368 e. The molecule has 0 amide bonds. The number of imidazole rings is 1. The number of benzene rings is 1. The summed E-state index contributed by atoms with van der Waals surface area (Å²) in [5.41, 5.74) is 6.60. The molecule has 1 aromatic carbocycles. The van der Waals surface area contributed by atoms with Gasteiger partial charge in [0.1, 0.15) is 24.9 Å². The minimum absolute atomic E-state index is 0.671. The van der Waals surface area contributed by atoms with E-state index >= 15 is 0 Å². The molecule has 2 saturated heterocycles. The van der Waals surface area contributed by atoms with Crippen molar-refractivity contribution in [2.75, 3.05) is 57.3 Å². The van der Waals surface area contributed by atoms with E-state index in [1.807, 2.05) is 13.0 Å². The second-order valence-electron chi connectivity index (χ2n) is 9.76. The summed E-state index contributed by atoms with van der Waals surface area (Å²) in [6, 6.07) is 10.7. The smallest absolute Gasteiger partial charge is 0.180 e. The molecular formula is C26H31BN8O. The molecule has 5 heterocycles. The molecule has 0 atom stereocenters. The number of nitrogens with one attached hydrogen (secondary N) is 2. The predicted octanol–water partition coefficient (Wildman–Crippen LogP) is 1.44. The van der Waals surface area contributed by atoms with Crippen LogP contribution >= 0.6 is 0 Å². The predicted molar refractivity (Wildman–Crippen MR) is 142 cm³/mol. The van der Waals surface area contributed by atoms with Crippen LogP contribution in [0.5, 0.6) is 0 Å². The van der Waals surface area contributed by atoms with E-state index in [0.717, 1.165) is 99.5 Å². The molecule has 0 unspecified atom stereocenters. The minimum atomic E-state index is 0.671. The van der Waals surface area contributed by atoms with Crippen molar-refractivity contribution in [1.82, 2.24) is 35.2 Å². The Labute approximate surface area is 212 Å². The molecule has 2 aliphatic rings. The second-order valence-corrected chi connectivity index (χ2v) is 9.76. The van der Waals surface area contributed by atoms with Gasteiger partial charge in [-0.05, 0) is 12.5 Å². The third-order valence-corrected chi connectivity index (χ3v) is 7.11. The molecule has 4 aromatic rings. The number of pyridine rings is 1. The number of aryl methyl sites for hydroxylation is 1. The van der Waals surface area contributed by atoms with Crippen molar-refractivity contribution in [2.45, 2.75) is 20.0 Å². The van der Waals surface area contributed by atoms with Crippen molar-refractivity contribution in [3.63, 3.8) is 0 Å². The fourth-order valence-electron chi connectivity index (χ4n) is 5.18. The highest BCUT2D eigenvalue weighted by Crippen LogP contribution is 2.27. The zero-order valence-corrected chi connectivity index (χ0v) is 20.7. The third kappa shape index (κ3) is 4.89. The molecule has 9 nitrogen and oxygen atoms in total. The lowest BCUT2D eigenvalue weighted by molar-refractivity contribution is 0.233. The summed E-state index contributed by atoms with van der Waals surface area (Å²) < 4.78 is 5.21. The number of piperazine rings is 2. The van der Waals surface area contributed by atoms with Crippen LogP contribution in [-0.4, -0.2) is 90.1 Å². The Hall–Kier alpha value is -3.21. The monoisotopic (exact) mass is 482 g/mol. The van der Waals surface area contributed by atoms with Gasteiger partial charge in [-0.25, -0.2) is 9.97 Å². The Morgan fingerprint density at radius 3 is 2.44 bits per heavy atom. The standard InChI is InChI=1S/C26H31BN8O/c1-18-14-21(32-36-18)17-34-10-12-35(13-11-34)24-22(27)15-29-26-23(24)30-25(31-26)20-4-2-19(3-5-20)16-33-8-6-28-7-9-33/h2-5,14-15,28H,6-13,16-17H2,1H3,(H,29,30,31). The van der Waals surface area contributed by atoms with E-state index in [-0.39, 0.29) is 0 Å². The summed E-state index contributed by atoms with van der Waals surface area (Å²) in [6.07, 6.45) is 1.73. The van der Waals surface area contributed by atoms with Crippen LogP contribution in [0, 0.1) is 6.92 Å². The normalized spacial score (nSPS) is 17.8. The van der Waals surface area contributed by atoms with Gasteiger partial charge in [0.25, 0.3) is 0 Å². The molecule has 2 aliphatic heterocycles. The molecule has 0 saturated carbocycles. The molecule has 2 fully saturated rings. The summed E-state index contributed by atoms with van der Waals surface area (Å²) in [5.74, 6) is 1.66.